The summed E-state index contributed by atoms with van der Waals surface area (Å²) in [6.45, 7) is 0. The molecule has 2 aromatic heterocycles. The maximum Gasteiger partial charge on any atom is 0.237 e. The molecule has 0 saturated heterocycles. The zero-order chi connectivity index (χ0) is 17.9. The van der Waals surface area contributed by atoms with Gasteiger partial charge in [0.2, 0.25) is 5.91 Å². The number of hydrogen-bond donors (Lipinski definition) is 0. The molecule has 0 radical (unpaired) electrons. The SMILES string of the molecule is Cn1c(SCC(=O)N(C2=CCCCC2)C2CC2)nnc1-c1cccnc1. The number of nitrogens with zero attached hydrogens (tertiary/aromatic N) is 5. The Balaban J connectivity index is 1.44. The molecule has 1 amide bonds. The van der Waals surface area contributed by atoms with Crippen LogP contribution in [-0.2, 0) is 11.8 Å². The van der Waals surface area contributed by atoms with Gasteiger partial charge in [-0.1, -0.05) is 17.8 Å². The van der Waals surface area contributed by atoms with Crippen molar-refractivity contribution in [3.63, 3.8) is 0 Å². The highest BCUT2D eigenvalue weighted by Gasteiger charge is 2.35. The third-order valence-electron chi connectivity index (χ3n) is 4.84. The Bertz CT molecular complexity index is 813. The fourth-order valence-electron chi connectivity index (χ4n) is 3.35. The van der Waals surface area contributed by atoms with Crippen LogP contribution < -0.4 is 0 Å². The van der Waals surface area contributed by atoms with Gasteiger partial charge in [-0.15, -0.1) is 10.2 Å². The molecule has 0 spiro atoms. The lowest BCUT2D eigenvalue weighted by Crippen LogP contribution is -2.34. The third-order valence-corrected chi connectivity index (χ3v) is 5.84. The molecular weight excluding hydrogens is 346 g/mol. The molecule has 0 atom stereocenters. The van der Waals surface area contributed by atoms with Gasteiger partial charge in [0.25, 0.3) is 0 Å². The quantitative estimate of drug-likeness (QED) is 0.730. The second kappa shape index (κ2) is 7.61. The molecule has 0 unspecified atom stereocenters. The number of carbonyl (C=O) groups excluding carboxylic acids is 1. The van der Waals surface area contributed by atoms with Gasteiger partial charge in [0.05, 0.1) is 5.75 Å². The predicted molar refractivity (Wildman–Crippen MR) is 101 cm³/mol. The van der Waals surface area contributed by atoms with E-state index in [0.29, 0.717) is 11.8 Å². The largest absolute Gasteiger partial charge is 0.313 e. The molecule has 26 heavy (non-hydrogen) atoms. The van der Waals surface area contributed by atoms with Crippen LogP contribution in [0, 0.1) is 0 Å². The van der Waals surface area contributed by atoms with Gasteiger partial charge >= 0.3 is 0 Å². The smallest absolute Gasteiger partial charge is 0.237 e. The van der Waals surface area contributed by atoms with E-state index in [9.17, 15) is 4.79 Å². The number of rotatable bonds is 6. The average Bonchev–Trinajstić information content (AvgIpc) is 3.44. The van der Waals surface area contributed by atoms with Crippen LogP contribution in [0.5, 0.6) is 0 Å². The second-order valence-electron chi connectivity index (χ2n) is 6.83. The van der Waals surface area contributed by atoms with Crippen molar-refractivity contribution in [3.05, 3.63) is 36.3 Å². The molecule has 1 saturated carbocycles. The summed E-state index contributed by atoms with van der Waals surface area (Å²) in [5, 5.41) is 9.28. The topological polar surface area (TPSA) is 63.9 Å². The summed E-state index contributed by atoms with van der Waals surface area (Å²) in [4.78, 5) is 19.1. The van der Waals surface area contributed by atoms with E-state index >= 15 is 0 Å². The Morgan fingerprint density at radius 2 is 2.23 bits per heavy atom. The van der Waals surface area contributed by atoms with Crippen molar-refractivity contribution in [1.29, 1.82) is 0 Å². The fraction of sp³-hybridized carbons (Fsp3) is 0.474. The lowest BCUT2D eigenvalue weighted by molar-refractivity contribution is -0.127. The summed E-state index contributed by atoms with van der Waals surface area (Å²) in [6, 6.07) is 4.25. The van der Waals surface area contributed by atoms with E-state index < -0.39 is 0 Å². The molecule has 2 aliphatic carbocycles. The average molecular weight is 369 g/mol. The Hall–Kier alpha value is -2.15. The van der Waals surface area contributed by atoms with E-state index in [2.05, 4.69) is 26.2 Å². The van der Waals surface area contributed by atoms with Crippen LogP contribution in [0.15, 0.2) is 41.5 Å². The molecule has 2 heterocycles. The highest BCUT2D eigenvalue weighted by molar-refractivity contribution is 7.99. The van der Waals surface area contributed by atoms with Crippen LogP contribution in [-0.4, -0.2) is 42.4 Å². The number of amides is 1. The Morgan fingerprint density at radius 3 is 2.92 bits per heavy atom. The van der Waals surface area contributed by atoms with E-state index in [0.717, 1.165) is 42.2 Å². The van der Waals surface area contributed by atoms with Crippen molar-refractivity contribution in [2.24, 2.45) is 7.05 Å². The third kappa shape index (κ3) is 3.67. The summed E-state index contributed by atoms with van der Waals surface area (Å²) >= 11 is 1.46. The van der Waals surface area contributed by atoms with Crippen LogP contribution in [0.3, 0.4) is 0 Å². The molecule has 0 N–H and O–H groups in total. The van der Waals surface area contributed by atoms with Gasteiger partial charge in [-0.25, -0.2) is 0 Å². The first-order valence-electron chi connectivity index (χ1n) is 9.17. The Labute approximate surface area is 157 Å². The zero-order valence-corrected chi connectivity index (χ0v) is 15.8. The molecule has 0 aliphatic heterocycles. The van der Waals surface area contributed by atoms with E-state index in [1.165, 1.54) is 30.3 Å². The summed E-state index contributed by atoms with van der Waals surface area (Å²) in [5.74, 6) is 1.35. The first kappa shape index (κ1) is 17.3. The van der Waals surface area contributed by atoms with Gasteiger partial charge in [0.15, 0.2) is 11.0 Å². The van der Waals surface area contributed by atoms with Crippen molar-refractivity contribution in [1.82, 2.24) is 24.6 Å². The molecule has 7 heteroatoms. The highest BCUT2D eigenvalue weighted by Crippen LogP contribution is 2.34. The number of carbonyl (C=O) groups is 1. The number of thioether (sulfide) groups is 1. The van der Waals surface area contributed by atoms with Crippen LogP contribution >= 0.6 is 11.8 Å². The number of hydrogen-bond acceptors (Lipinski definition) is 5. The van der Waals surface area contributed by atoms with Crippen LogP contribution in [0.25, 0.3) is 11.4 Å². The maximum atomic E-state index is 12.9. The number of pyridine rings is 1. The van der Waals surface area contributed by atoms with Crippen LogP contribution in [0.4, 0.5) is 0 Å². The van der Waals surface area contributed by atoms with Crippen molar-refractivity contribution in [3.8, 4) is 11.4 Å². The van der Waals surface area contributed by atoms with Crippen molar-refractivity contribution in [2.75, 3.05) is 5.75 Å². The minimum absolute atomic E-state index is 0.191. The van der Waals surface area contributed by atoms with Crippen molar-refractivity contribution >= 4 is 17.7 Å². The highest BCUT2D eigenvalue weighted by atomic mass is 32.2. The summed E-state index contributed by atoms with van der Waals surface area (Å²) in [6.07, 6.45) is 12.6. The molecule has 0 aromatic carbocycles. The lowest BCUT2D eigenvalue weighted by Gasteiger charge is -2.27. The van der Waals surface area contributed by atoms with Crippen LogP contribution in [0.1, 0.15) is 38.5 Å². The summed E-state index contributed by atoms with van der Waals surface area (Å²) in [5.41, 5.74) is 2.16. The predicted octanol–water partition coefficient (Wildman–Crippen LogP) is 3.42. The van der Waals surface area contributed by atoms with Gasteiger partial charge in [-0.05, 0) is 50.7 Å². The molecule has 6 nitrogen and oxygen atoms in total. The Morgan fingerprint density at radius 1 is 1.35 bits per heavy atom. The zero-order valence-electron chi connectivity index (χ0n) is 15.0. The van der Waals surface area contributed by atoms with E-state index in [-0.39, 0.29) is 5.91 Å². The van der Waals surface area contributed by atoms with E-state index in [4.69, 9.17) is 0 Å². The second-order valence-corrected chi connectivity index (χ2v) is 7.77. The monoisotopic (exact) mass is 369 g/mol. The lowest BCUT2D eigenvalue weighted by atomic mass is 10.0. The molecule has 1 fully saturated rings. The molecule has 0 bridgehead atoms. The fourth-order valence-corrected chi connectivity index (χ4v) is 4.12. The van der Waals surface area contributed by atoms with Gasteiger partial charge in [-0.2, -0.15) is 0 Å². The van der Waals surface area contributed by atoms with Gasteiger partial charge in [0.1, 0.15) is 0 Å². The minimum atomic E-state index is 0.191. The number of aromatic nitrogens is 4. The van der Waals surface area contributed by atoms with Crippen molar-refractivity contribution < 1.29 is 4.79 Å². The summed E-state index contributed by atoms with van der Waals surface area (Å²) in [7, 11) is 1.93. The van der Waals surface area contributed by atoms with Gasteiger partial charge in [-0.3, -0.25) is 9.78 Å². The van der Waals surface area contributed by atoms with E-state index in [1.807, 2.05) is 23.7 Å². The maximum absolute atomic E-state index is 12.9. The van der Waals surface area contributed by atoms with Crippen molar-refractivity contribution in [2.45, 2.75) is 49.7 Å². The van der Waals surface area contributed by atoms with Gasteiger partial charge < -0.3 is 9.47 Å². The normalized spacial score (nSPS) is 17.0. The molecule has 136 valence electrons. The summed E-state index contributed by atoms with van der Waals surface area (Å²) < 4.78 is 1.93. The van der Waals surface area contributed by atoms with E-state index in [1.54, 1.807) is 12.4 Å². The minimum Gasteiger partial charge on any atom is -0.313 e. The first-order valence-corrected chi connectivity index (χ1v) is 10.2. The standard InChI is InChI=1S/C19H23N5OS/c1-23-18(14-6-5-11-20-12-14)21-22-19(23)26-13-17(25)24(16-9-10-16)15-7-3-2-4-8-15/h5-7,11-12,16H,2-4,8-10,13H2,1H3. The van der Waals surface area contributed by atoms with Crippen LogP contribution in [0.2, 0.25) is 0 Å². The number of allylic oxidation sites excluding steroid dienone is 2. The van der Waals surface area contributed by atoms with Gasteiger partial charge in [0, 0.05) is 36.7 Å². The first-order chi connectivity index (χ1) is 12.7. The molecule has 4 rings (SSSR count). The molecule has 2 aliphatic rings. The Kier molecular flexibility index (Phi) is 5.06. The molecule has 2 aromatic rings. The molecular formula is C19H23N5OS.